The van der Waals surface area contributed by atoms with Crippen molar-refractivity contribution in [2.45, 2.75) is 50.7 Å². The summed E-state index contributed by atoms with van der Waals surface area (Å²) in [7, 11) is 0. The summed E-state index contributed by atoms with van der Waals surface area (Å²) in [6, 6.07) is 6.96. The van der Waals surface area contributed by atoms with E-state index in [9.17, 15) is 4.79 Å². The average molecular weight is 263 g/mol. The van der Waals surface area contributed by atoms with Gasteiger partial charge in [0.2, 0.25) is 5.91 Å². The third-order valence-corrected chi connectivity index (χ3v) is 4.48. The fraction of sp³-hybridized carbons (Fsp3) is 0.533. The van der Waals surface area contributed by atoms with Gasteiger partial charge in [0.05, 0.1) is 5.25 Å². The lowest BCUT2D eigenvalue weighted by Gasteiger charge is -2.13. The number of benzene rings is 1. The maximum absolute atomic E-state index is 11.8. The number of carbonyl (C=O) groups excluding carboxylic acids is 1. The maximum atomic E-state index is 11.8. The van der Waals surface area contributed by atoms with E-state index in [0.29, 0.717) is 6.04 Å². The standard InChI is InChI=1S/C15H21NOS/c1-10-4-5-11(2)13(8-10)9-18-12(3)15(17)16-14-6-7-14/h4-5,8,12,14H,6-7,9H2,1-3H3,(H,16,17)/t12-/m1/s1. The zero-order valence-corrected chi connectivity index (χ0v) is 12.1. The Bertz CT molecular complexity index is 440. The largest absolute Gasteiger partial charge is 0.352 e. The summed E-state index contributed by atoms with van der Waals surface area (Å²) in [4.78, 5) is 11.8. The van der Waals surface area contributed by atoms with Crippen molar-refractivity contribution in [3.63, 3.8) is 0 Å². The molecule has 1 fully saturated rings. The molecule has 1 atom stereocenters. The van der Waals surface area contributed by atoms with Gasteiger partial charge in [-0.25, -0.2) is 0 Å². The van der Waals surface area contributed by atoms with Gasteiger partial charge in [0.25, 0.3) is 0 Å². The quantitative estimate of drug-likeness (QED) is 0.884. The van der Waals surface area contributed by atoms with Crippen molar-refractivity contribution in [3.8, 4) is 0 Å². The Labute approximate surface area is 114 Å². The van der Waals surface area contributed by atoms with Crippen LogP contribution in [0.15, 0.2) is 18.2 Å². The Kier molecular flexibility index (Phi) is 4.33. The van der Waals surface area contributed by atoms with Crippen molar-refractivity contribution in [1.82, 2.24) is 5.32 Å². The van der Waals surface area contributed by atoms with Crippen LogP contribution in [0.2, 0.25) is 0 Å². The zero-order valence-electron chi connectivity index (χ0n) is 11.3. The second kappa shape index (κ2) is 5.79. The average Bonchev–Trinajstić information content (AvgIpc) is 3.13. The molecule has 2 rings (SSSR count). The molecule has 98 valence electrons. The van der Waals surface area contributed by atoms with E-state index in [0.717, 1.165) is 18.6 Å². The summed E-state index contributed by atoms with van der Waals surface area (Å²) in [5.41, 5.74) is 3.93. The minimum Gasteiger partial charge on any atom is -0.352 e. The number of hydrogen-bond donors (Lipinski definition) is 1. The Morgan fingerprint density at radius 2 is 2.17 bits per heavy atom. The lowest BCUT2D eigenvalue weighted by Crippen LogP contribution is -2.32. The van der Waals surface area contributed by atoms with E-state index in [1.54, 1.807) is 11.8 Å². The highest BCUT2D eigenvalue weighted by atomic mass is 32.2. The normalized spacial score (nSPS) is 16.4. The summed E-state index contributed by atoms with van der Waals surface area (Å²) in [6.07, 6.45) is 2.31. The summed E-state index contributed by atoms with van der Waals surface area (Å²) in [5, 5.41) is 3.09. The molecule has 0 bridgehead atoms. The minimum absolute atomic E-state index is 0.0329. The molecule has 2 nitrogen and oxygen atoms in total. The number of hydrogen-bond acceptors (Lipinski definition) is 2. The molecule has 0 aromatic heterocycles. The van der Waals surface area contributed by atoms with Crippen molar-refractivity contribution < 1.29 is 4.79 Å². The van der Waals surface area contributed by atoms with E-state index >= 15 is 0 Å². The number of amides is 1. The molecule has 1 amide bonds. The molecule has 0 radical (unpaired) electrons. The number of thioether (sulfide) groups is 1. The van der Waals surface area contributed by atoms with Gasteiger partial charge in [0, 0.05) is 11.8 Å². The molecule has 1 aromatic rings. The molecule has 1 N–H and O–H groups in total. The van der Waals surface area contributed by atoms with Crippen molar-refractivity contribution >= 4 is 17.7 Å². The second-order valence-corrected chi connectivity index (χ2v) is 6.50. The Hall–Kier alpha value is -0.960. The van der Waals surface area contributed by atoms with E-state index < -0.39 is 0 Å². The van der Waals surface area contributed by atoms with Crippen molar-refractivity contribution in [2.75, 3.05) is 0 Å². The van der Waals surface area contributed by atoms with Crippen LogP contribution in [0.3, 0.4) is 0 Å². The van der Waals surface area contributed by atoms with E-state index in [1.165, 1.54) is 16.7 Å². The van der Waals surface area contributed by atoms with Gasteiger partial charge in [-0.1, -0.05) is 23.8 Å². The van der Waals surface area contributed by atoms with Crippen molar-refractivity contribution in [3.05, 3.63) is 34.9 Å². The molecule has 0 spiro atoms. The lowest BCUT2D eigenvalue weighted by atomic mass is 10.1. The van der Waals surface area contributed by atoms with Crippen molar-refractivity contribution in [2.24, 2.45) is 0 Å². The molecule has 0 aliphatic heterocycles. The molecule has 3 heteroatoms. The minimum atomic E-state index is 0.0329. The maximum Gasteiger partial charge on any atom is 0.233 e. The molecule has 18 heavy (non-hydrogen) atoms. The first-order valence-corrected chi connectivity index (χ1v) is 7.59. The van der Waals surface area contributed by atoms with E-state index in [2.05, 4.69) is 37.4 Å². The highest BCUT2D eigenvalue weighted by molar-refractivity contribution is 7.99. The van der Waals surface area contributed by atoms with Crippen LogP contribution in [0.5, 0.6) is 0 Å². The van der Waals surface area contributed by atoms with Crippen LogP contribution in [0.1, 0.15) is 36.5 Å². The van der Waals surface area contributed by atoms with Crippen LogP contribution in [-0.2, 0) is 10.5 Å². The van der Waals surface area contributed by atoms with Crippen LogP contribution < -0.4 is 5.32 Å². The smallest absolute Gasteiger partial charge is 0.233 e. The van der Waals surface area contributed by atoms with Gasteiger partial charge in [-0.2, -0.15) is 0 Å². The van der Waals surface area contributed by atoms with Crippen LogP contribution in [-0.4, -0.2) is 17.2 Å². The van der Waals surface area contributed by atoms with Crippen molar-refractivity contribution in [1.29, 1.82) is 0 Å². The van der Waals surface area contributed by atoms with Gasteiger partial charge < -0.3 is 5.32 Å². The summed E-state index contributed by atoms with van der Waals surface area (Å²) in [5.74, 6) is 1.10. The van der Waals surface area contributed by atoms with Crippen LogP contribution in [0.25, 0.3) is 0 Å². The highest BCUT2D eigenvalue weighted by Gasteiger charge is 2.25. The number of carbonyl (C=O) groups is 1. The second-order valence-electron chi connectivity index (χ2n) is 5.17. The predicted octanol–water partition coefficient (Wildman–Crippen LogP) is 3.20. The van der Waals surface area contributed by atoms with Gasteiger partial charge in [0.1, 0.15) is 0 Å². The summed E-state index contributed by atoms with van der Waals surface area (Å²) >= 11 is 1.72. The van der Waals surface area contributed by atoms with Gasteiger partial charge in [-0.05, 0) is 44.7 Å². The molecular weight excluding hydrogens is 242 g/mol. The summed E-state index contributed by atoms with van der Waals surface area (Å²) in [6.45, 7) is 6.23. The highest BCUT2D eigenvalue weighted by Crippen LogP contribution is 2.23. The zero-order chi connectivity index (χ0) is 13.1. The first-order valence-electron chi connectivity index (χ1n) is 6.54. The number of aryl methyl sites for hydroxylation is 2. The first kappa shape index (κ1) is 13.5. The molecule has 0 unspecified atom stereocenters. The van der Waals surface area contributed by atoms with E-state index in [4.69, 9.17) is 0 Å². The van der Waals surface area contributed by atoms with Gasteiger partial charge in [0.15, 0.2) is 0 Å². The van der Waals surface area contributed by atoms with Crippen LogP contribution in [0, 0.1) is 13.8 Å². The van der Waals surface area contributed by atoms with E-state index in [1.807, 2.05) is 6.92 Å². The fourth-order valence-corrected chi connectivity index (χ4v) is 2.75. The Morgan fingerprint density at radius 3 is 2.83 bits per heavy atom. The third-order valence-electron chi connectivity index (χ3n) is 3.29. The lowest BCUT2D eigenvalue weighted by molar-refractivity contribution is -0.120. The molecule has 1 aromatic carbocycles. The van der Waals surface area contributed by atoms with Gasteiger partial charge >= 0.3 is 0 Å². The molecule has 1 aliphatic rings. The fourth-order valence-electron chi connectivity index (χ4n) is 1.79. The van der Waals surface area contributed by atoms with Crippen LogP contribution >= 0.6 is 11.8 Å². The molecule has 0 heterocycles. The third kappa shape index (κ3) is 3.77. The Morgan fingerprint density at radius 1 is 1.44 bits per heavy atom. The molecule has 1 aliphatic carbocycles. The summed E-state index contributed by atoms with van der Waals surface area (Å²) < 4.78 is 0. The first-order chi connectivity index (χ1) is 8.56. The SMILES string of the molecule is Cc1ccc(C)c(CS[C@H](C)C(=O)NC2CC2)c1. The van der Waals surface area contributed by atoms with E-state index in [-0.39, 0.29) is 11.2 Å². The number of rotatable bonds is 5. The predicted molar refractivity (Wildman–Crippen MR) is 77.8 cm³/mol. The molecular formula is C15H21NOS. The monoisotopic (exact) mass is 263 g/mol. The number of nitrogens with one attached hydrogen (secondary N) is 1. The van der Waals surface area contributed by atoms with Crippen LogP contribution in [0.4, 0.5) is 0 Å². The topological polar surface area (TPSA) is 29.1 Å². The molecule has 1 saturated carbocycles. The van der Waals surface area contributed by atoms with Gasteiger partial charge in [-0.3, -0.25) is 4.79 Å². The molecule has 0 saturated heterocycles. The van der Waals surface area contributed by atoms with Gasteiger partial charge in [-0.15, -0.1) is 11.8 Å². The Balaban J connectivity index is 1.85.